The molecule has 2 unspecified atom stereocenters. The number of fused-ring (bicyclic) bond motifs is 2. The van der Waals surface area contributed by atoms with Gasteiger partial charge in [0.2, 0.25) is 0 Å². The molecule has 0 radical (unpaired) electrons. The lowest BCUT2D eigenvalue weighted by molar-refractivity contribution is 0.231. The molecule has 1 saturated heterocycles. The molecule has 1 aromatic carbocycles. The van der Waals surface area contributed by atoms with E-state index in [9.17, 15) is 0 Å². The fraction of sp³-hybridized carbons (Fsp3) is 0.600. The third kappa shape index (κ3) is 2.43. The Morgan fingerprint density at radius 2 is 1.94 bits per heavy atom. The highest BCUT2D eigenvalue weighted by Gasteiger charge is 2.31. The average molecular weight is 309 g/mol. The summed E-state index contributed by atoms with van der Waals surface area (Å²) in [6.45, 7) is 3.08. The van der Waals surface area contributed by atoms with Gasteiger partial charge in [-0.15, -0.1) is 0 Å². The van der Waals surface area contributed by atoms with E-state index < -0.39 is 0 Å². The Kier molecular flexibility index (Phi) is 3.62. The minimum atomic E-state index is 0.633. The van der Waals surface area contributed by atoms with Crippen molar-refractivity contribution in [2.75, 3.05) is 18.0 Å². The van der Waals surface area contributed by atoms with Gasteiger partial charge < -0.3 is 10.6 Å². The van der Waals surface area contributed by atoms with Gasteiger partial charge in [-0.3, -0.25) is 0 Å². The summed E-state index contributed by atoms with van der Waals surface area (Å²) < 4.78 is 1.16. The van der Waals surface area contributed by atoms with Crippen LogP contribution in [0.4, 0.5) is 5.69 Å². The lowest BCUT2D eigenvalue weighted by Crippen LogP contribution is -2.43. The van der Waals surface area contributed by atoms with Gasteiger partial charge in [0.1, 0.15) is 0 Å². The number of rotatable bonds is 2. The quantitative estimate of drug-likeness (QED) is 0.905. The Balaban J connectivity index is 1.87. The highest BCUT2D eigenvalue weighted by molar-refractivity contribution is 9.10. The molecule has 1 aliphatic carbocycles. The average Bonchev–Trinajstić information content (AvgIpc) is 2.38. The van der Waals surface area contributed by atoms with Crippen LogP contribution in [0.2, 0.25) is 0 Å². The van der Waals surface area contributed by atoms with Crippen LogP contribution >= 0.6 is 15.9 Å². The van der Waals surface area contributed by atoms with Gasteiger partial charge in [-0.2, -0.15) is 0 Å². The molecule has 2 fully saturated rings. The molecule has 2 nitrogen and oxygen atoms in total. The van der Waals surface area contributed by atoms with Crippen molar-refractivity contribution in [2.24, 2.45) is 17.6 Å². The van der Waals surface area contributed by atoms with Gasteiger partial charge in [0.15, 0.2) is 0 Å². The minimum Gasteiger partial charge on any atom is -0.371 e. The third-order valence-corrected chi connectivity index (χ3v) is 4.95. The number of nitrogens with zero attached hydrogens (tertiary/aromatic N) is 1. The van der Waals surface area contributed by atoms with E-state index in [4.69, 9.17) is 5.73 Å². The van der Waals surface area contributed by atoms with Crippen LogP contribution in [0.3, 0.4) is 0 Å². The summed E-state index contributed by atoms with van der Waals surface area (Å²) in [6, 6.07) is 6.49. The second kappa shape index (κ2) is 5.22. The molecule has 1 aliphatic heterocycles. The number of benzene rings is 1. The second-order valence-electron chi connectivity index (χ2n) is 5.78. The first-order valence-corrected chi connectivity index (χ1v) is 7.79. The second-order valence-corrected chi connectivity index (χ2v) is 6.70. The topological polar surface area (TPSA) is 29.3 Å². The number of hydrogen-bond acceptors (Lipinski definition) is 2. The van der Waals surface area contributed by atoms with Gasteiger partial charge in [-0.25, -0.2) is 0 Å². The summed E-state index contributed by atoms with van der Waals surface area (Å²) in [4.78, 5) is 2.57. The summed E-state index contributed by atoms with van der Waals surface area (Å²) in [6.07, 6.45) is 5.71. The van der Waals surface area contributed by atoms with Crippen molar-refractivity contribution in [1.29, 1.82) is 0 Å². The summed E-state index contributed by atoms with van der Waals surface area (Å²) in [5.41, 5.74) is 8.51. The van der Waals surface area contributed by atoms with E-state index in [-0.39, 0.29) is 0 Å². The predicted molar refractivity (Wildman–Crippen MR) is 79.7 cm³/mol. The highest BCUT2D eigenvalue weighted by atomic mass is 79.9. The van der Waals surface area contributed by atoms with E-state index in [1.165, 1.54) is 50.0 Å². The van der Waals surface area contributed by atoms with Crippen molar-refractivity contribution in [3.05, 3.63) is 28.2 Å². The minimum absolute atomic E-state index is 0.633. The lowest BCUT2D eigenvalue weighted by atomic mass is 9.77. The van der Waals surface area contributed by atoms with Crippen LogP contribution in [0.1, 0.15) is 31.2 Å². The van der Waals surface area contributed by atoms with Crippen molar-refractivity contribution < 1.29 is 0 Å². The molecule has 1 heterocycles. The molecule has 2 N–H and O–H groups in total. The van der Waals surface area contributed by atoms with Crippen LogP contribution < -0.4 is 10.6 Å². The van der Waals surface area contributed by atoms with E-state index in [0.717, 1.165) is 16.3 Å². The Bertz CT molecular complexity index is 421. The van der Waals surface area contributed by atoms with Crippen LogP contribution in [0.15, 0.2) is 22.7 Å². The number of hydrogen-bond donors (Lipinski definition) is 1. The molecular formula is C15H21BrN2. The Morgan fingerprint density at radius 3 is 2.61 bits per heavy atom. The third-order valence-electron chi connectivity index (χ3n) is 4.46. The van der Waals surface area contributed by atoms with E-state index in [1.807, 2.05) is 0 Å². The van der Waals surface area contributed by atoms with Crippen molar-refractivity contribution in [2.45, 2.75) is 32.2 Å². The first-order chi connectivity index (χ1) is 8.76. The number of anilines is 1. The maximum absolute atomic E-state index is 5.88. The molecule has 1 aromatic rings. The molecular weight excluding hydrogens is 288 g/mol. The van der Waals surface area contributed by atoms with Gasteiger partial charge in [-0.05, 0) is 48.8 Å². The van der Waals surface area contributed by atoms with Crippen molar-refractivity contribution >= 4 is 21.6 Å². The normalized spacial score (nSPS) is 27.3. The number of halogens is 1. The Morgan fingerprint density at radius 1 is 1.22 bits per heavy atom. The molecule has 3 heteroatoms. The molecule has 0 amide bonds. The predicted octanol–water partition coefficient (Wildman–Crippen LogP) is 3.53. The van der Waals surface area contributed by atoms with Crippen LogP contribution in [0.25, 0.3) is 0 Å². The summed E-state index contributed by atoms with van der Waals surface area (Å²) in [5.74, 6) is 1.81. The molecule has 2 aliphatic rings. The fourth-order valence-electron chi connectivity index (χ4n) is 3.63. The number of nitrogens with two attached hydrogens (primary N) is 1. The van der Waals surface area contributed by atoms with Crippen molar-refractivity contribution in [3.8, 4) is 0 Å². The van der Waals surface area contributed by atoms with E-state index in [2.05, 4.69) is 39.0 Å². The fourth-order valence-corrected chi connectivity index (χ4v) is 3.98. The molecule has 2 bridgehead atoms. The first-order valence-electron chi connectivity index (χ1n) is 6.99. The summed E-state index contributed by atoms with van der Waals surface area (Å²) >= 11 is 3.59. The van der Waals surface area contributed by atoms with Crippen molar-refractivity contribution in [1.82, 2.24) is 0 Å². The highest BCUT2D eigenvalue weighted by Crippen LogP contribution is 2.37. The zero-order valence-electron chi connectivity index (χ0n) is 10.7. The van der Waals surface area contributed by atoms with E-state index in [0.29, 0.717) is 6.54 Å². The maximum atomic E-state index is 5.88. The van der Waals surface area contributed by atoms with Gasteiger partial charge in [-0.1, -0.05) is 28.4 Å². The summed E-state index contributed by atoms with van der Waals surface area (Å²) in [7, 11) is 0. The molecule has 18 heavy (non-hydrogen) atoms. The van der Waals surface area contributed by atoms with Crippen molar-refractivity contribution in [3.63, 3.8) is 0 Å². The van der Waals surface area contributed by atoms with Crippen LogP contribution in [0.5, 0.6) is 0 Å². The van der Waals surface area contributed by atoms with Gasteiger partial charge in [0.05, 0.1) is 0 Å². The zero-order valence-corrected chi connectivity index (χ0v) is 12.3. The zero-order chi connectivity index (χ0) is 12.5. The van der Waals surface area contributed by atoms with Gasteiger partial charge in [0.25, 0.3) is 0 Å². The summed E-state index contributed by atoms with van der Waals surface area (Å²) in [5, 5.41) is 0. The first kappa shape index (κ1) is 12.5. The van der Waals surface area contributed by atoms with E-state index >= 15 is 0 Å². The SMILES string of the molecule is NCc1ccc(Br)cc1N1CC2CCCC(C2)C1. The van der Waals surface area contributed by atoms with Crippen LogP contribution in [0, 0.1) is 11.8 Å². The standard InChI is InChI=1S/C15H21BrN2/c16-14-5-4-13(8-17)15(7-14)18-9-11-2-1-3-12(6-11)10-18/h4-5,7,11-12H,1-3,6,8-10,17H2. The van der Waals surface area contributed by atoms with Crippen LogP contribution in [-0.4, -0.2) is 13.1 Å². The van der Waals surface area contributed by atoms with Gasteiger partial charge >= 0.3 is 0 Å². The monoisotopic (exact) mass is 308 g/mol. The molecule has 1 saturated carbocycles. The molecule has 98 valence electrons. The molecule has 0 spiro atoms. The molecule has 2 atom stereocenters. The maximum Gasteiger partial charge on any atom is 0.0423 e. The molecule has 0 aromatic heterocycles. The number of piperidine rings is 1. The molecule has 3 rings (SSSR count). The van der Waals surface area contributed by atoms with Crippen LogP contribution in [-0.2, 0) is 6.54 Å². The smallest absolute Gasteiger partial charge is 0.0423 e. The van der Waals surface area contributed by atoms with E-state index in [1.54, 1.807) is 0 Å². The lowest BCUT2D eigenvalue weighted by Gasteiger charge is -2.43. The Hall–Kier alpha value is -0.540. The largest absolute Gasteiger partial charge is 0.371 e. The van der Waals surface area contributed by atoms with Gasteiger partial charge in [0, 0.05) is 29.8 Å². The Labute approximate surface area is 118 Å².